The van der Waals surface area contributed by atoms with Crippen LogP contribution < -0.4 is 9.64 Å². The van der Waals surface area contributed by atoms with Gasteiger partial charge < -0.3 is 24.2 Å². The highest BCUT2D eigenvalue weighted by atomic mass is 16.6. The van der Waals surface area contributed by atoms with E-state index in [1.807, 2.05) is 31.2 Å². The van der Waals surface area contributed by atoms with E-state index in [4.69, 9.17) is 9.15 Å². The number of benzene rings is 1. The molecule has 1 atom stereocenters. The molecule has 0 N–H and O–H groups in total. The summed E-state index contributed by atoms with van der Waals surface area (Å²) in [6.45, 7) is 7.06. The van der Waals surface area contributed by atoms with Crippen LogP contribution in [0.25, 0.3) is 11.1 Å². The van der Waals surface area contributed by atoms with Crippen molar-refractivity contribution in [1.82, 2.24) is 19.4 Å². The standard InChI is InChI=1S/C19H22N6O4/c1-19(13-24-12-16(25(26)27)21-18(24)29-19)6-7-22-8-10-23(11-9-22)17-20-14-4-2-3-5-15(14)28-17/h2-5,12H,6-11,13H2,1H3. The minimum atomic E-state index is -0.498. The Morgan fingerprint density at radius 2 is 2.00 bits per heavy atom. The zero-order valence-electron chi connectivity index (χ0n) is 16.2. The smallest absolute Gasteiger partial charge is 0.414 e. The lowest BCUT2D eigenvalue weighted by Crippen LogP contribution is -2.48. The first-order valence-electron chi connectivity index (χ1n) is 9.73. The lowest BCUT2D eigenvalue weighted by atomic mass is 10.0. The van der Waals surface area contributed by atoms with Crippen molar-refractivity contribution in [2.45, 2.75) is 25.5 Å². The summed E-state index contributed by atoms with van der Waals surface area (Å²) in [4.78, 5) is 23.4. The summed E-state index contributed by atoms with van der Waals surface area (Å²) >= 11 is 0. The SMILES string of the molecule is CC1(CCN2CCN(c3nc4ccccc4o3)CC2)Cn2cc([N+](=O)[O-])nc2O1. The first-order chi connectivity index (χ1) is 14.0. The number of anilines is 1. The quantitative estimate of drug-likeness (QED) is 0.476. The molecule has 2 aliphatic heterocycles. The number of ether oxygens (including phenoxy) is 1. The van der Waals surface area contributed by atoms with Crippen LogP contribution in [0, 0.1) is 10.1 Å². The van der Waals surface area contributed by atoms with E-state index in [2.05, 4.69) is 19.8 Å². The van der Waals surface area contributed by atoms with Crippen LogP contribution >= 0.6 is 0 Å². The third-order valence-corrected chi connectivity index (χ3v) is 5.64. The molecule has 0 aliphatic carbocycles. The molecule has 2 aliphatic rings. The molecule has 5 rings (SSSR count). The van der Waals surface area contributed by atoms with Crippen LogP contribution in [0.2, 0.25) is 0 Å². The van der Waals surface area contributed by atoms with Crippen LogP contribution in [0.4, 0.5) is 11.8 Å². The lowest BCUT2D eigenvalue weighted by molar-refractivity contribution is -0.389. The van der Waals surface area contributed by atoms with Gasteiger partial charge in [0.15, 0.2) is 5.58 Å². The highest BCUT2D eigenvalue weighted by Gasteiger charge is 2.40. The number of nitro groups is 1. The highest BCUT2D eigenvalue weighted by Crippen LogP contribution is 2.33. The molecule has 0 saturated carbocycles. The first kappa shape index (κ1) is 17.9. The van der Waals surface area contributed by atoms with Crippen molar-refractivity contribution in [2.75, 3.05) is 37.6 Å². The number of fused-ring (bicyclic) bond motifs is 2. The van der Waals surface area contributed by atoms with Crippen molar-refractivity contribution in [1.29, 1.82) is 0 Å². The lowest BCUT2D eigenvalue weighted by Gasteiger charge is -2.35. The topological polar surface area (TPSA) is 103 Å². The maximum atomic E-state index is 10.8. The zero-order chi connectivity index (χ0) is 20.0. The Hall–Kier alpha value is -3.14. The maximum Gasteiger partial charge on any atom is 0.414 e. The molecule has 1 saturated heterocycles. The minimum absolute atomic E-state index is 0.169. The van der Waals surface area contributed by atoms with E-state index in [1.54, 1.807) is 4.57 Å². The van der Waals surface area contributed by atoms with E-state index in [0.29, 0.717) is 18.6 Å². The fourth-order valence-electron chi connectivity index (χ4n) is 3.96. The fourth-order valence-corrected chi connectivity index (χ4v) is 3.96. The molecular weight excluding hydrogens is 376 g/mol. The van der Waals surface area contributed by atoms with Crippen LogP contribution in [0.5, 0.6) is 6.01 Å². The molecule has 1 fully saturated rings. The van der Waals surface area contributed by atoms with Crippen LogP contribution in [0.15, 0.2) is 34.9 Å². The Labute approximate surface area is 166 Å². The van der Waals surface area contributed by atoms with Crippen molar-refractivity contribution in [2.24, 2.45) is 0 Å². The van der Waals surface area contributed by atoms with Crippen molar-refractivity contribution < 1.29 is 14.1 Å². The molecule has 0 radical (unpaired) electrons. The second-order valence-corrected chi connectivity index (χ2v) is 7.86. The molecule has 3 aromatic rings. The third-order valence-electron chi connectivity index (χ3n) is 5.64. The summed E-state index contributed by atoms with van der Waals surface area (Å²) in [5, 5.41) is 10.8. The van der Waals surface area contributed by atoms with Gasteiger partial charge in [0, 0.05) is 44.1 Å². The minimum Gasteiger partial charge on any atom is -0.438 e. The number of piperazine rings is 1. The van der Waals surface area contributed by atoms with Crippen molar-refractivity contribution in [3.8, 4) is 6.01 Å². The molecule has 0 spiro atoms. The Morgan fingerprint density at radius 3 is 2.72 bits per heavy atom. The largest absolute Gasteiger partial charge is 0.438 e. The van der Waals surface area contributed by atoms with Gasteiger partial charge in [-0.15, -0.1) is 0 Å². The molecule has 4 heterocycles. The number of imidazole rings is 1. The Kier molecular flexibility index (Phi) is 4.16. The number of hydrogen-bond donors (Lipinski definition) is 0. The van der Waals surface area contributed by atoms with E-state index < -0.39 is 10.5 Å². The van der Waals surface area contributed by atoms with Gasteiger partial charge >= 0.3 is 11.8 Å². The van der Waals surface area contributed by atoms with Crippen LogP contribution in [-0.2, 0) is 6.54 Å². The summed E-state index contributed by atoms with van der Waals surface area (Å²) in [7, 11) is 0. The average Bonchev–Trinajstić information content (AvgIpc) is 3.38. The van der Waals surface area contributed by atoms with E-state index in [1.165, 1.54) is 6.20 Å². The zero-order valence-corrected chi connectivity index (χ0v) is 16.2. The number of nitrogens with zero attached hydrogens (tertiary/aromatic N) is 6. The van der Waals surface area contributed by atoms with E-state index >= 15 is 0 Å². The fraction of sp³-hybridized carbons (Fsp3) is 0.474. The second kappa shape index (κ2) is 6.73. The van der Waals surface area contributed by atoms with Gasteiger partial charge in [0.2, 0.25) is 0 Å². The van der Waals surface area contributed by atoms with E-state index in [0.717, 1.165) is 50.2 Å². The maximum absolute atomic E-state index is 10.8. The number of oxazole rings is 1. The summed E-state index contributed by atoms with van der Waals surface area (Å²) in [5.41, 5.74) is 1.30. The number of para-hydroxylation sites is 2. The molecule has 152 valence electrons. The molecule has 1 aromatic carbocycles. The van der Waals surface area contributed by atoms with Crippen molar-refractivity contribution in [3.63, 3.8) is 0 Å². The van der Waals surface area contributed by atoms with Crippen LogP contribution in [-0.4, -0.2) is 62.7 Å². The molecule has 1 unspecified atom stereocenters. The van der Waals surface area contributed by atoms with Crippen molar-refractivity contribution in [3.05, 3.63) is 40.6 Å². The third kappa shape index (κ3) is 3.39. The Bertz CT molecular complexity index is 996. The number of aromatic nitrogens is 3. The summed E-state index contributed by atoms with van der Waals surface area (Å²) < 4.78 is 13.5. The van der Waals surface area contributed by atoms with Gasteiger partial charge in [-0.1, -0.05) is 12.1 Å². The second-order valence-electron chi connectivity index (χ2n) is 7.86. The van der Waals surface area contributed by atoms with Crippen LogP contribution in [0.1, 0.15) is 13.3 Å². The van der Waals surface area contributed by atoms with Gasteiger partial charge in [-0.05, 0) is 24.0 Å². The predicted molar refractivity (Wildman–Crippen MR) is 105 cm³/mol. The molecule has 29 heavy (non-hydrogen) atoms. The predicted octanol–water partition coefficient (Wildman–Crippen LogP) is 2.30. The molecular formula is C19H22N6O4. The first-order valence-corrected chi connectivity index (χ1v) is 9.73. The molecule has 10 heteroatoms. The number of hydrogen-bond acceptors (Lipinski definition) is 8. The number of rotatable bonds is 5. The molecule has 2 aromatic heterocycles. The van der Waals surface area contributed by atoms with Gasteiger partial charge in [0.1, 0.15) is 17.3 Å². The normalized spacial score (nSPS) is 22.0. The van der Waals surface area contributed by atoms with Crippen LogP contribution in [0.3, 0.4) is 0 Å². The Balaban J connectivity index is 1.14. The monoisotopic (exact) mass is 398 g/mol. The molecule has 10 nitrogen and oxygen atoms in total. The van der Waals surface area contributed by atoms with Gasteiger partial charge in [-0.3, -0.25) is 9.47 Å². The van der Waals surface area contributed by atoms with E-state index in [-0.39, 0.29) is 5.82 Å². The van der Waals surface area contributed by atoms with Gasteiger partial charge in [0.05, 0.1) is 6.54 Å². The van der Waals surface area contributed by atoms with E-state index in [9.17, 15) is 10.1 Å². The Morgan fingerprint density at radius 1 is 1.21 bits per heavy atom. The van der Waals surface area contributed by atoms with Crippen molar-refractivity contribution >= 4 is 22.9 Å². The van der Waals surface area contributed by atoms with Gasteiger partial charge in [-0.2, -0.15) is 4.98 Å². The highest BCUT2D eigenvalue weighted by molar-refractivity contribution is 5.74. The average molecular weight is 398 g/mol. The van der Waals surface area contributed by atoms with Gasteiger partial charge in [0.25, 0.3) is 6.01 Å². The molecule has 0 bridgehead atoms. The molecule has 0 amide bonds. The summed E-state index contributed by atoms with van der Waals surface area (Å²) in [6.07, 6.45) is 2.27. The summed E-state index contributed by atoms with van der Waals surface area (Å²) in [6, 6.07) is 8.82. The van der Waals surface area contributed by atoms with Gasteiger partial charge in [-0.25, -0.2) is 0 Å². The summed E-state index contributed by atoms with van der Waals surface area (Å²) in [5.74, 6) is -0.169.